The number of terminal acetylenes is 1. The van der Waals surface area contributed by atoms with E-state index < -0.39 is 0 Å². The number of amides is 1. The van der Waals surface area contributed by atoms with Gasteiger partial charge in [-0.1, -0.05) is 12.0 Å². The maximum absolute atomic E-state index is 11.7. The van der Waals surface area contributed by atoms with Crippen molar-refractivity contribution < 1.29 is 4.79 Å². The average Bonchev–Trinajstić information content (AvgIpc) is 2.81. The summed E-state index contributed by atoms with van der Waals surface area (Å²) in [5.74, 6) is 2.35. The molecule has 0 bridgehead atoms. The molecule has 0 aliphatic carbocycles. The lowest BCUT2D eigenvalue weighted by molar-refractivity contribution is -0.130. The lowest BCUT2D eigenvalue weighted by atomic mass is 10.2. The molecule has 0 saturated heterocycles. The quantitative estimate of drug-likeness (QED) is 0.569. The molecular formula is C13H14N2OS. The van der Waals surface area contributed by atoms with E-state index in [-0.39, 0.29) is 19.0 Å². The average molecular weight is 246 g/mol. The van der Waals surface area contributed by atoms with Crippen molar-refractivity contribution in [2.24, 2.45) is 0 Å². The van der Waals surface area contributed by atoms with Crippen molar-refractivity contribution in [3.05, 3.63) is 22.4 Å². The van der Waals surface area contributed by atoms with Crippen molar-refractivity contribution in [1.29, 1.82) is 5.26 Å². The second-order valence-electron chi connectivity index (χ2n) is 3.54. The molecule has 88 valence electrons. The SMILES string of the molecule is C#CCN(CC#N)C(=O)CCCc1cccs1. The molecule has 3 nitrogen and oxygen atoms in total. The highest BCUT2D eigenvalue weighted by Crippen LogP contribution is 2.12. The number of aryl methyl sites for hydroxylation is 1. The van der Waals surface area contributed by atoms with E-state index in [1.165, 1.54) is 9.78 Å². The largest absolute Gasteiger partial charge is 0.318 e. The minimum Gasteiger partial charge on any atom is -0.318 e. The van der Waals surface area contributed by atoms with Crippen molar-refractivity contribution in [3.8, 4) is 18.4 Å². The van der Waals surface area contributed by atoms with Crippen LogP contribution in [0, 0.1) is 23.7 Å². The second kappa shape index (κ2) is 7.49. The van der Waals surface area contributed by atoms with E-state index in [1.807, 2.05) is 17.5 Å². The van der Waals surface area contributed by atoms with E-state index in [9.17, 15) is 4.79 Å². The maximum Gasteiger partial charge on any atom is 0.224 e. The molecule has 1 heterocycles. The zero-order chi connectivity index (χ0) is 12.5. The van der Waals surface area contributed by atoms with Crippen LogP contribution in [0.3, 0.4) is 0 Å². The van der Waals surface area contributed by atoms with Crippen LogP contribution in [0.4, 0.5) is 0 Å². The predicted octanol–water partition coefficient (Wildman–Crippen LogP) is 2.06. The van der Waals surface area contributed by atoms with E-state index in [2.05, 4.69) is 12.0 Å². The molecule has 0 unspecified atom stereocenters. The summed E-state index contributed by atoms with van der Waals surface area (Å²) in [6.07, 6.45) is 7.30. The highest BCUT2D eigenvalue weighted by molar-refractivity contribution is 7.09. The van der Waals surface area contributed by atoms with Gasteiger partial charge in [-0.2, -0.15) is 5.26 Å². The number of thiophene rings is 1. The molecule has 0 saturated carbocycles. The number of hydrogen-bond donors (Lipinski definition) is 0. The molecule has 4 heteroatoms. The molecule has 0 radical (unpaired) electrons. The highest BCUT2D eigenvalue weighted by atomic mass is 32.1. The summed E-state index contributed by atoms with van der Waals surface area (Å²) in [6, 6.07) is 6.01. The van der Waals surface area contributed by atoms with Gasteiger partial charge < -0.3 is 4.90 Å². The van der Waals surface area contributed by atoms with Crippen LogP contribution in [0.25, 0.3) is 0 Å². The molecule has 0 N–H and O–H groups in total. The highest BCUT2D eigenvalue weighted by Gasteiger charge is 2.11. The van der Waals surface area contributed by atoms with E-state index >= 15 is 0 Å². The third kappa shape index (κ3) is 4.72. The monoisotopic (exact) mass is 246 g/mol. The van der Waals surface area contributed by atoms with Crippen LogP contribution in [0.15, 0.2) is 17.5 Å². The Kier molecular flexibility index (Phi) is 5.85. The molecule has 0 aromatic carbocycles. The summed E-state index contributed by atoms with van der Waals surface area (Å²) in [5, 5.41) is 10.6. The molecular weight excluding hydrogens is 232 g/mol. The van der Waals surface area contributed by atoms with Crippen molar-refractivity contribution in [2.75, 3.05) is 13.1 Å². The Morgan fingerprint density at radius 3 is 2.94 bits per heavy atom. The summed E-state index contributed by atoms with van der Waals surface area (Å²) in [5.41, 5.74) is 0. The number of nitrogens with zero attached hydrogens (tertiary/aromatic N) is 2. The lowest BCUT2D eigenvalue weighted by Crippen LogP contribution is -2.31. The van der Waals surface area contributed by atoms with Crippen molar-refractivity contribution in [2.45, 2.75) is 19.3 Å². The fraction of sp³-hybridized carbons (Fsp3) is 0.385. The Hall–Kier alpha value is -1.78. The number of carbonyl (C=O) groups excluding carboxylic acids is 1. The van der Waals surface area contributed by atoms with E-state index in [0.29, 0.717) is 6.42 Å². The van der Waals surface area contributed by atoms with Gasteiger partial charge in [0.15, 0.2) is 0 Å². The number of hydrogen-bond acceptors (Lipinski definition) is 3. The molecule has 1 aromatic heterocycles. The van der Waals surface area contributed by atoms with Gasteiger partial charge in [-0.05, 0) is 24.3 Å². The van der Waals surface area contributed by atoms with Gasteiger partial charge >= 0.3 is 0 Å². The molecule has 17 heavy (non-hydrogen) atoms. The van der Waals surface area contributed by atoms with Crippen LogP contribution in [-0.4, -0.2) is 23.9 Å². The minimum absolute atomic E-state index is 0.0407. The number of carbonyl (C=O) groups is 1. The topological polar surface area (TPSA) is 44.1 Å². The first-order valence-corrected chi connectivity index (χ1v) is 6.26. The Morgan fingerprint density at radius 2 is 2.35 bits per heavy atom. The molecule has 0 spiro atoms. The fourth-order valence-electron chi connectivity index (χ4n) is 1.45. The van der Waals surface area contributed by atoms with Gasteiger partial charge in [-0.15, -0.1) is 17.8 Å². The standard InChI is InChI=1S/C13H14N2OS/c1-2-9-15(10-8-14)13(16)7-3-5-12-6-4-11-17-12/h1,4,6,11H,3,5,7,9-10H2. The zero-order valence-corrected chi connectivity index (χ0v) is 10.4. The van der Waals surface area contributed by atoms with Gasteiger partial charge in [0.1, 0.15) is 6.54 Å². The number of nitriles is 1. The summed E-state index contributed by atoms with van der Waals surface area (Å²) in [7, 11) is 0. The Morgan fingerprint density at radius 1 is 1.53 bits per heavy atom. The molecule has 0 atom stereocenters. The van der Waals surface area contributed by atoms with Crippen molar-refractivity contribution in [1.82, 2.24) is 4.90 Å². The molecule has 1 rings (SSSR count). The first-order chi connectivity index (χ1) is 8.27. The molecule has 1 aromatic rings. The maximum atomic E-state index is 11.7. The number of rotatable bonds is 6. The van der Waals surface area contributed by atoms with Crippen LogP contribution in [-0.2, 0) is 11.2 Å². The molecule has 0 aliphatic heterocycles. The van der Waals surface area contributed by atoms with Crippen LogP contribution in [0.5, 0.6) is 0 Å². The summed E-state index contributed by atoms with van der Waals surface area (Å²) in [6.45, 7) is 0.285. The van der Waals surface area contributed by atoms with Gasteiger partial charge in [0.05, 0.1) is 12.6 Å². The van der Waals surface area contributed by atoms with Gasteiger partial charge in [0, 0.05) is 11.3 Å². The van der Waals surface area contributed by atoms with Crippen molar-refractivity contribution >= 4 is 17.2 Å². The Balaban J connectivity index is 2.32. The van der Waals surface area contributed by atoms with Crippen LogP contribution < -0.4 is 0 Å². The summed E-state index contributed by atoms with van der Waals surface area (Å²) >= 11 is 1.69. The Labute approximate surface area is 106 Å². The van der Waals surface area contributed by atoms with Gasteiger partial charge in [-0.3, -0.25) is 4.79 Å². The summed E-state index contributed by atoms with van der Waals surface area (Å²) in [4.78, 5) is 14.4. The first kappa shape index (κ1) is 13.3. The summed E-state index contributed by atoms with van der Waals surface area (Å²) < 4.78 is 0. The van der Waals surface area contributed by atoms with Crippen LogP contribution in [0.1, 0.15) is 17.7 Å². The third-order valence-electron chi connectivity index (χ3n) is 2.29. The predicted molar refractivity (Wildman–Crippen MR) is 68.3 cm³/mol. The van der Waals surface area contributed by atoms with E-state index in [1.54, 1.807) is 11.3 Å². The normalized spacial score (nSPS) is 9.29. The molecule has 0 fully saturated rings. The van der Waals surface area contributed by atoms with Crippen LogP contribution in [0.2, 0.25) is 0 Å². The smallest absolute Gasteiger partial charge is 0.224 e. The molecule has 0 aliphatic rings. The van der Waals surface area contributed by atoms with E-state index in [0.717, 1.165) is 12.8 Å². The van der Waals surface area contributed by atoms with Crippen molar-refractivity contribution in [3.63, 3.8) is 0 Å². The minimum atomic E-state index is -0.0407. The lowest BCUT2D eigenvalue weighted by Gasteiger charge is -2.16. The second-order valence-corrected chi connectivity index (χ2v) is 4.58. The molecule has 1 amide bonds. The Bertz CT molecular complexity index is 409. The van der Waals surface area contributed by atoms with Crippen LogP contribution >= 0.6 is 11.3 Å². The fourth-order valence-corrected chi connectivity index (χ4v) is 2.21. The first-order valence-electron chi connectivity index (χ1n) is 5.38. The van der Waals surface area contributed by atoms with Gasteiger partial charge in [-0.25, -0.2) is 0 Å². The zero-order valence-electron chi connectivity index (χ0n) is 9.56. The van der Waals surface area contributed by atoms with Gasteiger partial charge in [0.25, 0.3) is 0 Å². The third-order valence-corrected chi connectivity index (χ3v) is 3.23. The van der Waals surface area contributed by atoms with Gasteiger partial charge in [0.2, 0.25) is 5.91 Å². The van der Waals surface area contributed by atoms with E-state index in [4.69, 9.17) is 11.7 Å².